The molecule has 0 heterocycles. The SMILES string of the molecule is CC1=CC=[C]([Sn]([CH3])([CH3])[CH3])CC1. The van der Waals surface area contributed by atoms with Gasteiger partial charge in [-0.3, -0.25) is 0 Å². The molecule has 0 nitrogen and oxygen atoms in total. The van der Waals surface area contributed by atoms with Gasteiger partial charge in [-0.2, -0.15) is 0 Å². The Kier molecular flexibility index (Phi) is 2.84. The Hall–Kier alpha value is 0.279. The zero-order chi connectivity index (χ0) is 8.48. The minimum atomic E-state index is -1.66. The fourth-order valence-corrected chi connectivity index (χ4v) is 5.53. The Bertz CT molecular complexity index is 203. The molecule has 0 aromatic carbocycles. The molecule has 0 bridgehead atoms. The van der Waals surface area contributed by atoms with Crippen LogP contribution in [0.1, 0.15) is 19.8 Å². The summed E-state index contributed by atoms with van der Waals surface area (Å²) >= 11 is -1.66. The second-order valence-electron chi connectivity index (χ2n) is 4.45. The van der Waals surface area contributed by atoms with Crippen molar-refractivity contribution in [2.45, 2.75) is 34.6 Å². The van der Waals surface area contributed by atoms with Crippen molar-refractivity contribution in [3.8, 4) is 0 Å². The molecule has 0 fully saturated rings. The Balaban J connectivity index is 2.77. The van der Waals surface area contributed by atoms with Crippen LogP contribution < -0.4 is 0 Å². The van der Waals surface area contributed by atoms with E-state index in [0.29, 0.717) is 0 Å². The third kappa shape index (κ3) is 2.66. The van der Waals surface area contributed by atoms with Gasteiger partial charge in [0.2, 0.25) is 0 Å². The average molecular weight is 257 g/mol. The molecule has 0 N–H and O–H groups in total. The van der Waals surface area contributed by atoms with Gasteiger partial charge in [0, 0.05) is 0 Å². The molecule has 1 heteroatoms. The van der Waals surface area contributed by atoms with Crippen LogP contribution in [0.5, 0.6) is 0 Å². The van der Waals surface area contributed by atoms with Crippen LogP contribution in [0.2, 0.25) is 14.8 Å². The molecular formula is C10H18Sn. The summed E-state index contributed by atoms with van der Waals surface area (Å²) in [6.45, 7) is 2.23. The molecule has 0 atom stereocenters. The normalized spacial score (nSPS) is 19.3. The molecule has 0 saturated carbocycles. The Morgan fingerprint density at radius 2 is 1.73 bits per heavy atom. The summed E-state index contributed by atoms with van der Waals surface area (Å²) in [5.41, 5.74) is 1.55. The van der Waals surface area contributed by atoms with E-state index in [1.54, 1.807) is 9.16 Å². The van der Waals surface area contributed by atoms with E-state index in [-0.39, 0.29) is 0 Å². The monoisotopic (exact) mass is 258 g/mol. The molecule has 0 radical (unpaired) electrons. The van der Waals surface area contributed by atoms with Crippen LogP contribution in [-0.4, -0.2) is 18.4 Å². The van der Waals surface area contributed by atoms with E-state index in [9.17, 15) is 0 Å². The van der Waals surface area contributed by atoms with Gasteiger partial charge < -0.3 is 0 Å². The number of allylic oxidation sites excluding steroid dienone is 4. The number of rotatable bonds is 1. The van der Waals surface area contributed by atoms with Gasteiger partial charge in [0.1, 0.15) is 0 Å². The van der Waals surface area contributed by atoms with Crippen LogP contribution in [-0.2, 0) is 0 Å². The summed E-state index contributed by atoms with van der Waals surface area (Å²) in [7, 11) is 0. The first kappa shape index (κ1) is 9.37. The first-order valence-electron chi connectivity index (χ1n) is 4.37. The van der Waals surface area contributed by atoms with Crippen LogP contribution in [0.4, 0.5) is 0 Å². The predicted molar refractivity (Wildman–Crippen MR) is 54.4 cm³/mol. The van der Waals surface area contributed by atoms with Crippen LogP contribution in [0.3, 0.4) is 0 Å². The van der Waals surface area contributed by atoms with Gasteiger partial charge in [0.15, 0.2) is 0 Å². The Morgan fingerprint density at radius 3 is 2.09 bits per heavy atom. The van der Waals surface area contributed by atoms with Gasteiger partial charge in [0.25, 0.3) is 0 Å². The van der Waals surface area contributed by atoms with E-state index in [4.69, 9.17) is 0 Å². The molecule has 62 valence electrons. The molecule has 1 aliphatic rings. The van der Waals surface area contributed by atoms with Crippen LogP contribution in [0.15, 0.2) is 21.3 Å². The van der Waals surface area contributed by atoms with E-state index in [0.717, 1.165) is 0 Å². The van der Waals surface area contributed by atoms with Crippen molar-refractivity contribution in [2.24, 2.45) is 0 Å². The van der Waals surface area contributed by atoms with Crippen molar-refractivity contribution in [2.75, 3.05) is 0 Å². The molecule has 0 aromatic heterocycles. The standard InChI is InChI=1S/C7H9.3CH3.Sn/c1-7-5-3-2-4-6-7;;;;/h3,5H,4,6H2,1H3;3*1H3;. The molecule has 0 unspecified atom stereocenters. The van der Waals surface area contributed by atoms with Crippen molar-refractivity contribution in [3.63, 3.8) is 0 Å². The molecule has 1 rings (SSSR count). The summed E-state index contributed by atoms with van der Waals surface area (Å²) in [6, 6.07) is 0. The fraction of sp³-hybridized carbons (Fsp3) is 0.600. The van der Waals surface area contributed by atoms with Gasteiger partial charge in [-0.05, 0) is 0 Å². The molecule has 0 amide bonds. The Labute approximate surface area is 74.3 Å². The average Bonchev–Trinajstić information content (AvgIpc) is 1.86. The zero-order valence-corrected chi connectivity index (χ0v) is 10.9. The van der Waals surface area contributed by atoms with Gasteiger partial charge in [-0.25, -0.2) is 0 Å². The second kappa shape index (κ2) is 3.34. The van der Waals surface area contributed by atoms with Crippen molar-refractivity contribution in [3.05, 3.63) is 21.3 Å². The predicted octanol–water partition coefficient (Wildman–Crippen LogP) is 3.53. The van der Waals surface area contributed by atoms with E-state index < -0.39 is 18.4 Å². The molecule has 1 aliphatic carbocycles. The van der Waals surface area contributed by atoms with Crippen LogP contribution in [0.25, 0.3) is 0 Å². The molecule has 0 saturated heterocycles. The van der Waals surface area contributed by atoms with Crippen molar-refractivity contribution in [1.82, 2.24) is 0 Å². The van der Waals surface area contributed by atoms with E-state index in [2.05, 4.69) is 33.9 Å². The number of hydrogen-bond acceptors (Lipinski definition) is 0. The zero-order valence-electron chi connectivity index (χ0n) is 8.07. The maximum atomic E-state index is 2.50. The third-order valence-corrected chi connectivity index (χ3v) is 9.01. The summed E-state index contributed by atoms with van der Waals surface area (Å²) in [6.07, 6.45) is 7.35. The summed E-state index contributed by atoms with van der Waals surface area (Å²) in [5.74, 6) is 0. The second-order valence-corrected chi connectivity index (χ2v) is 19.1. The number of hydrogen-bond donors (Lipinski definition) is 0. The van der Waals surface area contributed by atoms with Crippen LogP contribution >= 0.6 is 0 Å². The quantitative estimate of drug-likeness (QED) is 0.630. The van der Waals surface area contributed by atoms with Gasteiger partial charge >= 0.3 is 74.3 Å². The van der Waals surface area contributed by atoms with Crippen LogP contribution in [0, 0.1) is 0 Å². The van der Waals surface area contributed by atoms with Gasteiger partial charge in [-0.1, -0.05) is 0 Å². The minimum absolute atomic E-state index is 1.31. The Morgan fingerprint density at radius 1 is 1.09 bits per heavy atom. The topological polar surface area (TPSA) is 0 Å². The summed E-state index contributed by atoms with van der Waals surface area (Å²) < 4.78 is 1.80. The third-order valence-electron chi connectivity index (χ3n) is 2.32. The molecule has 11 heavy (non-hydrogen) atoms. The van der Waals surface area contributed by atoms with E-state index in [1.165, 1.54) is 12.8 Å². The molecule has 0 spiro atoms. The molecule has 0 aromatic rings. The fourth-order valence-electron chi connectivity index (χ4n) is 1.37. The first-order chi connectivity index (χ1) is 5.00. The van der Waals surface area contributed by atoms with E-state index in [1.807, 2.05) is 0 Å². The van der Waals surface area contributed by atoms with Crippen molar-refractivity contribution >= 4 is 18.4 Å². The maximum absolute atomic E-state index is 2.50. The molecular weight excluding hydrogens is 239 g/mol. The van der Waals surface area contributed by atoms with Gasteiger partial charge in [-0.15, -0.1) is 0 Å². The van der Waals surface area contributed by atoms with Crippen molar-refractivity contribution < 1.29 is 0 Å². The molecule has 0 aliphatic heterocycles. The van der Waals surface area contributed by atoms with Crippen molar-refractivity contribution in [1.29, 1.82) is 0 Å². The van der Waals surface area contributed by atoms with Gasteiger partial charge in [0.05, 0.1) is 0 Å². The first-order valence-corrected chi connectivity index (χ1v) is 14.4. The summed E-state index contributed by atoms with van der Waals surface area (Å²) in [4.78, 5) is 7.49. The van der Waals surface area contributed by atoms with E-state index >= 15 is 0 Å². The summed E-state index contributed by atoms with van der Waals surface area (Å²) in [5, 5.41) is 0.